The zero-order valence-corrected chi connectivity index (χ0v) is 26.5. The molecule has 4 aromatic carbocycles. The van der Waals surface area contributed by atoms with Crippen LogP contribution in [0.15, 0.2) is 103 Å². The molecule has 9 nitrogen and oxygen atoms in total. The molecule has 0 saturated heterocycles. The normalized spacial score (nSPS) is 20.8. The van der Waals surface area contributed by atoms with Crippen LogP contribution in [0.3, 0.4) is 0 Å². The molecule has 1 saturated carbocycles. The third-order valence-electron chi connectivity index (χ3n) is 9.87. The molecule has 0 aliphatic heterocycles. The van der Waals surface area contributed by atoms with Gasteiger partial charge in [0, 0.05) is 30.1 Å². The van der Waals surface area contributed by atoms with Gasteiger partial charge < -0.3 is 15.6 Å². The van der Waals surface area contributed by atoms with Crippen LogP contribution in [0.1, 0.15) is 75.7 Å². The van der Waals surface area contributed by atoms with Crippen molar-refractivity contribution in [3.8, 4) is 0 Å². The Balaban J connectivity index is 1.10. The van der Waals surface area contributed by atoms with Gasteiger partial charge in [0.2, 0.25) is 12.3 Å². The number of carbonyl (C=O) groups is 4. The number of aromatic nitrogens is 2. The first-order valence-corrected chi connectivity index (χ1v) is 16.4. The van der Waals surface area contributed by atoms with E-state index in [-0.39, 0.29) is 36.5 Å². The molecular formula is C39H37N5O4. The summed E-state index contributed by atoms with van der Waals surface area (Å²) in [5, 5.41) is 3.38. The molecule has 1 unspecified atom stereocenters. The lowest BCUT2D eigenvalue weighted by molar-refractivity contribution is -0.121. The summed E-state index contributed by atoms with van der Waals surface area (Å²) in [4.78, 5) is 57.8. The standard InChI is InChI=1S/C39H37N5O4/c40-39(22-35(46)31-14-6-7-15-32(31)37(39)48)38-42-33-16-8-9-17-34(33)43(38)24-27-10-4-5-13-30(27)26-18-20-28(21-19-26)41-23-36(47)44(25-45)29-11-2-1-3-12-29/h1-17,25-26,28,41H,18-24,40H2. The van der Waals surface area contributed by atoms with Gasteiger partial charge in [0.1, 0.15) is 11.4 Å². The molecule has 2 aliphatic rings. The van der Waals surface area contributed by atoms with Crippen LogP contribution in [0.2, 0.25) is 0 Å². The van der Waals surface area contributed by atoms with Crippen molar-refractivity contribution in [3.63, 3.8) is 0 Å². The Hall–Kier alpha value is -5.25. The number of carbonyl (C=O) groups excluding carboxylic acids is 4. The molecule has 0 bridgehead atoms. The van der Waals surface area contributed by atoms with Crippen molar-refractivity contribution in [1.29, 1.82) is 0 Å². The average molecular weight is 640 g/mol. The molecule has 1 atom stereocenters. The molecule has 2 amide bonds. The number of fused-ring (bicyclic) bond motifs is 2. The molecule has 48 heavy (non-hydrogen) atoms. The lowest BCUT2D eigenvalue weighted by Crippen LogP contribution is -2.51. The molecule has 2 aliphatic carbocycles. The highest BCUT2D eigenvalue weighted by Crippen LogP contribution is 2.38. The van der Waals surface area contributed by atoms with Crippen molar-refractivity contribution in [2.24, 2.45) is 5.73 Å². The smallest absolute Gasteiger partial charge is 0.247 e. The number of imide groups is 1. The van der Waals surface area contributed by atoms with Crippen LogP contribution in [-0.2, 0) is 21.7 Å². The number of hydrogen-bond acceptors (Lipinski definition) is 7. The van der Waals surface area contributed by atoms with E-state index < -0.39 is 5.54 Å². The quantitative estimate of drug-likeness (QED) is 0.204. The SMILES string of the molecule is NC1(c2nc3ccccc3n2Cc2ccccc2C2CCC(NCC(=O)N(C=O)c3ccccc3)CC2)CC(=O)c2ccccc2C1=O. The summed E-state index contributed by atoms with van der Waals surface area (Å²) in [5.41, 5.74) is 10.6. The number of anilines is 1. The number of nitrogens with two attached hydrogens (primary N) is 1. The number of Topliss-reactive ketones (excluding diaryl/α,β-unsaturated/α-hetero) is 2. The summed E-state index contributed by atoms with van der Waals surface area (Å²) in [7, 11) is 0. The van der Waals surface area contributed by atoms with Crippen molar-refractivity contribution in [2.75, 3.05) is 11.4 Å². The molecule has 3 N–H and O–H groups in total. The second-order valence-electron chi connectivity index (χ2n) is 12.8. The molecule has 242 valence electrons. The number of amides is 2. The predicted molar refractivity (Wildman–Crippen MR) is 184 cm³/mol. The molecule has 0 radical (unpaired) electrons. The number of hydrogen-bond donors (Lipinski definition) is 2. The maximum Gasteiger partial charge on any atom is 0.247 e. The van der Waals surface area contributed by atoms with Gasteiger partial charge in [-0.25, -0.2) is 4.98 Å². The van der Waals surface area contributed by atoms with Gasteiger partial charge in [-0.05, 0) is 67.0 Å². The summed E-state index contributed by atoms with van der Waals surface area (Å²) in [5.74, 6) is -0.0553. The fraction of sp³-hybridized carbons (Fsp3) is 0.256. The fourth-order valence-corrected chi connectivity index (χ4v) is 7.37. The van der Waals surface area contributed by atoms with Crippen LogP contribution < -0.4 is 16.0 Å². The molecule has 0 spiro atoms. The molecule has 7 rings (SSSR count). The summed E-state index contributed by atoms with van der Waals surface area (Å²) in [6.45, 7) is 0.532. The van der Waals surface area contributed by atoms with Gasteiger partial charge in [-0.15, -0.1) is 0 Å². The Bertz CT molecular complexity index is 2010. The Morgan fingerprint density at radius 3 is 2.31 bits per heavy atom. The average Bonchev–Trinajstić information content (AvgIpc) is 3.50. The van der Waals surface area contributed by atoms with Gasteiger partial charge in [-0.2, -0.15) is 0 Å². The van der Waals surface area contributed by atoms with Crippen molar-refractivity contribution in [3.05, 3.63) is 131 Å². The van der Waals surface area contributed by atoms with Crippen molar-refractivity contribution >= 4 is 40.6 Å². The second-order valence-corrected chi connectivity index (χ2v) is 12.8. The summed E-state index contributed by atoms with van der Waals surface area (Å²) < 4.78 is 2.01. The topological polar surface area (TPSA) is 127 Å². The van der Waals surface area contributed by atoms with E-state index in [4.69, 9.17) is 10.7 Å². The van der Waals surface area contributed by atoms with Crippen molar-refractivity contribution in [2.45, 2.75) is 56.1 Å². The lowest BCUT2D eigenvalue weighted by atomic mass is 9.76. The maximum atomic E-state index is 14.0. The summed E-state index contributed by atoms with van der Waals surface area (Å²) in [6.07, 6.45) is 4.06. The third-order valence-corrected chi connectivity index (χ3v) is 9.87. The van der Waals surface area contributed by atoms with E-state index in [1.807, 2.05) is 41.0 Å². The van der Waals surface area contributed by atoms with Gasteiger partial charge in [0.05, 0.1) is 23.3 Å². The third kappa shape index (κ3) is 5.76. The van der Waals surface area contributed by atoms with Gasteiger partial charge in [0.25, 0.3) is 0 Å². The lowest BCUT2D eigenvalue weighted by Gasteiger charge is -2.33. The number of benzene rings is 4. The highest BCUT2D eigenvalue weighted by molar-refractivity contribution is 6.18. The number of rotatable bonds is 9. The summed E-state index contributed by atoms with van der Waals surface area (Å²) >= 11 is 0. The number of nitrogens with one attached hydrogen (secondary N) is 1. The molecule has 1 aromatic heterocycles. The van der Waals surface area contributed by atoms with Gasteiger partial charge >= 0.3 is 0 Å². The number of nitrogens with zero attached hydrogens (tertiary/aromatic N) is 3. The molecule has 1 heterocycles. The minimum Gasteiger partial charge on any atom is -0.321 e. The largest absolute Gasteiger partial charge is 0.321 e. The van der Waals surface area contributed by atoms with Gasteiger partial charge in [-0.1, -0.05) is 78.9 Å². The minimum absolute atomic E-state index is 0.0859. The van der Waals surface area contributed by atoms with Crippen LogP contribution in [0.25, 0.3) is 11.0 Å². The Kier molecular flexibility index (Phi) is 8.56. The highest BCUT2D eigenvalue weighted by Gasteiger charge is 2.47. The van der Waals surface area contributed by atoms with Crippen LogP contribution in [0.4, 0.5) is 5.69 Å². The van der Waals surface area contributed by atoms with Crippen LogP contribution in [0, 0.1) is 0 Å². The summed E-state index contributed by atoms with van der Waals surface area (Å²) in [6, 6.07) is 32.0. The minimum atomic E-state index is -1.60. The van der Waals surface area contributed by atoms with Gasteiger partial charge in [-0.3, -0.25) is 24.1 Å². The Morgan fingerprint density at radius 1 is 0.875 bits per heavy atom. The zero-order valence-electron chi connectivity index (χ0n) is 26.5. The van der Waals surface area contributed by atoms with E-state index in [0.29, 0.717) is 41.5 Å². The molecule has 9 heteroatoms. The zero-order chi connectivity index (χ0) is 33.3. The Morgan fingerprint density at radius 2 is 1.54 bits per heavy atom. The van der Waals surface area contributed by atoms with Crippen LogP contribution in [-0.4, -0.2) is 46.0 Å². The van der Waals surface area contributed by atoms with E-state index in [1.54, 1.807) is 48.5 Å². The monoisotopic (exact) mass is 639 g/mol. The van der Waals surface area contributed by atoms with E-state index in [0.717, 1.165) is 47.2 Å². The van der Waals surface area contributed by atoms with Gasteiger partial charge in [0.15, 0.2) is 11.6 Å². The predicted octanol–water partition coefficient (Wildman–Crippen LogP) is 5.51. The molecule has 1 fully saturated rings. The second kappa shape index (κ2) is 13.1. The van der Waals surface area contributed by atoms with Crippen molar-refractivity contribution in [1.82, 2.24) is 14.9 Å². The van der Waals surface area contributed by atoms with Crippen LogP contribution >= 0.6 is 0 Å². The first kappa shape index (κ1) is 31.4. The van der Waals surface area contributed by atoms with E-state index in [2.05, 4.69) is 23.5 Å². The van der Waals surface area contributed by atoms with Crippen LogP contribution in [0.5, 0.6) is 0 Å². The first-order chi connectivity index (χ1) is 23.4. The van der Waals surface area contributed by atoms with E-state index >= 15 is 0 Å². The molecule has 5 aromatic rings. The van der Waals surface area contributed by atoms with E-state index in [1.165, 1.54) is 5.56 Å². The number of imidazole rings is 1. The Labute approximate surface area is 278 Å². The highest BCUT2D eigenvalue weighted by atomic mass is 16.2. The number of ketones is 2. The maximum absolute atomic E-state index is 14.0. The molecular weight excluding hydrogens is 602 g/mol. The fourth-order valence-electron chi connectivity index (χ4n) is 7.37. The van der Waals surface area contributed by atoms with E-state index in [9.17, 15) is 19.2 Å². The number of para-hydroxylation sites is 3. The van der Waals surface area contributed by atoms with Crippen molar-refractivity contribution < 1.29 is 19.2 Å². The first-order valence-electron chi connectivity index (χ1n) is 16.4.